The van der Waals surface area contributed by atoms with Crippen LogP contribution in [0.5, 0.6) is 0 Å². The molecule has 2 heterocycles. The molecule has 1 unspecified atom stereocenters. The van der Waals surface area contributed by atoms with E-state index in [-0.39, 0.29) is 11.9 Å². The lowest BCUT2D eigenvalue weighted by molar-refractivity contribution is -0.128. The number of nitrogens with zero attached hydrogens (tertiary/aromatic N) is 1. The fourth-order valence-corrected chi connectivity index (χ4v) is 2.45. The molecule has 0 spiro atoms. The van der Waals surface area contributed by atoms with Crippen LogP contribution in [-0.4, -0.2) is 54.4 Å². The summed E-state index contributed by atoms with van der Waals surface area (Å²) < 4.78 is 10.4. The number of hydrogen-bond donors (Lipinski definition) is 2. The van der Waals surface area contributed by atoms with E-state index < -0.39 is 5.60 Å². The van der Waals surface area contributed by atoms with Crippen molar-refractivity contribution in [2.24, 2.45) is 0 Å². The summed E-state index contributed by atoms with van der Waals surface area (Å²) in [5.74, 6) is 0.644. The van der Waals surface area contributed by atoms with Crippen molar-refractivity contribution < 1.29 is 19.1 Å². The topological polar surface area (TPSA) is 74.9 Å². The minimum Gasteiger partial charge on any atom is -0.467 e. The fraction of sp³-hybridized carbons (Fsp3) is 0.667. The predicted octanol–water partition coefficient (Wildman–Crippen LogP) is 0.758. The summed E-state index contributed by atoms with van der Waals surface area (Å²) in [7, 11) is 1.85. The molecule has 1 aromatic rings. The number of nitrogens with one attached hydrogen (secondary N) is 1. The number of aliphatic hydroxyl groups is 1. The van der Waals surface area contributed by atoms with E-state index in [1.165, 1.54) is 0 Å². The second kappa shape index (κ2) is 7.06. The Balaban J connectivity index is 1.80. The van der Waals surface area contributed by atoms with Gasteiger partial charge in [0.05, 0.1) is 24.5 Å². The maximum absolute atomic E-state index is 12.1. The zero-order chi connectivity index (χ0) is 15.3. The minimum atomic E-state index is -0.761. The van der Waals surface area contributed by atoms with Crippen LogP contribution in [0.25, 0.3) is 0 Å². The summed E-state index contributed by atoms with van der Waals surface area (Å²) in [5, 5.41) is 13.3. The molecule has 1 fully saturated rings. The molecule has 1 amide bonds. The van der Waals surface area contributed by atoms with Gasteiger partial charge in [-0.05, 0) is 26.1 Å². The number of rotatable bonds is 6. The standard InChI is InChI=1S/C15H24N2O4/c1-12(14(18)16-10-13-4-3-7-21-13)17(2)11-15(19)5-8-20-9-6-15/h3-4,7,12,19H,5-6,8-11H2,1-2H3,(H,16,18). The summed E-state index contributed by atoms with van der Waals surface area (Å²) in [6.45, 7) is 3.82. The van der Waals surface area contributed by atoms with E-state index in [9.17, 15) is 9.90 Å². The fourth-order valence-electron chi connectivity index (χ4n) is 2.45. The van der Waals surface area contributed by atoms with Crippen LogP contribution >= 0.6 is 0 Å². The highest BCUT2D eigenvalue weighted by Crippen LogP contribution is 2.22. The lowest BCUT2D eigenvalue weighted by Crippen LogP contribution is -2.51. The highest BCUT2D eigenvalue weighted by molar-refractivity contribution is 5.81. The highest BCUT2D eigenvalue weighted by atomic mass is 16.5. The molecule has 2 N–H and O–H groups in total. The predicted molar refractivity (Wildman–Crippen MR) is 77.6 cm³/mol. The SMILES string of the molecule is CC(C(=O)NCc1ccco1)N(C)CC1(O)CCOCC1. The summed E-state index contributed by atoms with van der Waals surface area (Å²) in [6, 6.07) is 3.30. The number of carbonyl (C=O) groups is 1. The van der Waals surface area contributed by atoms with Gasteiger partial charge < -0.3 is 19.6 Å². The Morgan fingerprint density at radius 3 is 2.86 bits per heavy atom. The molecule has 21 heavy (non-hydrogen) atoms. The van der Waals surface area contributed by atoms with Crippen molar-refractivity contribution in [3.8, 4) is 0 Å². The largest absolute Gasteiger partial charge is 0.467 e. The zero-order valence-electron chi connectivity index (χ0n) is 12.7. The molecule has 0 saturated carbocycles. The molecule has 0 bridgehead atoms. The first-order valence-electron chi connectivity index (χ1n) is 7.31. The van der Waals surface area contributed by atoms with E-state index >= 15 is 0 Å². The van der Waals surface area contributed by atoms with E-state index in [2.05, 4.69) is 5.32 Å². The monoisotopic (exact) mass is 296 g/mol. The van der Waals surface area contributed by atoms with E-state index in [1.807, 2.05) is 24.9 Å². The molecule has 0 radical (unpaired) electrons. The Hall–Kier alpha value is -1.37. The van der Waals surface area contributed by atoms with Crippen LogP contribution in [0, 0.1) is 0 Å². The first kappa shape index (κ1) is 16.0. The van der Waals surface area contributed by atoms with Crippen LogP contribution in [0.3, 0.4) is 0 Å². The molecule has 1 aliphatic rings. The second-order valence-electron chi connectivity index (χ2n) is 5.72. The van der Waals surface area contributed by atoms with Gasteiger partial charge in [-0.3, -0.25) is 9.69 Å². The average molecular weight is 296 g/mol. The second-order valence-corrected chi connectivity index (χ2v) is 5.72. The van der Waals surface area contributed by atoms with Gasteiger partial charge in [0.2, 0.25) is 5.91 Å². The Labute approximate surface area is 125 Å². The number of hydrogen-bond acceptors (Lipinski definition) is 5. The average Bonchev–Trinajstić information content (AvgIpc) is 2.97. The van der Waals surface area contributed by atoms with E-state index in [0.717, 1.165) is 5.76 Å². The van der Waals surface area contributed by atoms with E-state index in [1.54, 1.807) is 12.3 Å². The van der Waals surface area contributed by atoms with Gasteiger partial charge in [0, 0.05) is 32.6 Å². The number of furan rings is 1. The number of amides is 1. The van der Waals surface area contributed by atoms with Crippen molar-refractivity contribution in [2.45, 2.75) is 38.0 Å². The minimum absolute atomic E-state index is 0.0791. The van der Waals surface area contributed by atoms with Crippen LogP contribution in [0.1, 0.15) is 25.5 Å². The molecule has 118 valence electrons. The molecule has 1 atom stereocenters. The first-order chi connectivity index (χ1) is 10.0. The van der Waals surface area contributed by atoms with Gasteiger partial charge in [-0.15, -0.1) is 0 Å². The lowest BCUT2D eigenvalue weighted by Gasteiger charge is -2.37. The molecule has 1 saturated heterocycles. The van der Waals surface area contributed by atoms with Gasteiger partial charge in [0.15, 0.2) is 0 Å². The Morgan fingerprint density at radius 1 is 1.52 bits per heavy atom. The van der Waals surface area contributed by atoms with Crippen LogP contribution < -0.4 is 5.32 Å². The summed E-state index contributed by atoms with van der Waals surface area (Å²) in [4.78, 5) is 14.0. The van der Waals surface area contributed by atoms with Gasteiger partial charge in [0.25, 0.3) is 0 Å². The molecular formula is C15H24N2O4. The maximum atomic E-state index is 12.1. The van der Waals surface area contributed by atoms with E-state index in [0.29, 0.717) is 39.1 Å². The summed E-state index contributed by atoms with van der Waals surface area (Å²) in [5.41, 5.74) is -0.761. The molecule has 6 heteroatoms. The van der Waals surface area contributed by atoms with Crippen molar-refractivity contribution in [2.75, 3.05) is 26.8 Å². The Kier molecular flexibility index (Phi) is 5.39. The van der Waals surface area contributed by atoms with Crippen molar-refractivity contribution in [3.63, 3.8) is 0 Å². The normalized spacial score (nSPS) is 19.4. The van der Waals surface area contributed by atoms with Crippen LogP contribution in [0.4, 0.5) is 0 Å². The quantitative estimate of drug-likeness (QED) is 0.810. The third-order valence-corrected chi connectivity index (χ3v) is 4.02. The summed E-state index contributed by atoms with van der Waals surface area (Å²) in [6.07, 6.45) is 2.80. The highest BCUT2D eigenvalue weighted by Gasteiger charge is 2.33. The zero-order valence-corrected chi connectivity index (χ0v) is 12.7. The molecule has 6 nitrogen and oxygen atoms in total. The van der Waals surface area contributed by atoms with Crippen LogP contribution in [0.2, 0.25) is 0 Å². The van der Waals surface area contributed by atoms with Crippen molar-refractivity contribution in [1.82, 2.24) is 10.2 Å². The van der Waals surface area contributed by atoms with Crippen molar-refractivity contribution in [3.05, 3.63) is 24.2 Å². The van der Waals surface area contributed by atoms with Crippen LogP contribution in [0.15, 0.2) is 22.8 Å². The Morgan fingerprint density at radius 2 is 2.24 bits per heavy atom. The number of ether oxygens (including phenoxy) is 1. The lowest BCUT2D eigenvalue weighted by atomic mass is 9.93. The Bertz CT molecular complexity index is 441. The van der Waals surface area contributed by atoms with Crippen LogP contribution in [-0.2, 0) is 16.1 Å². The molecule has 1 aliphatic heterocycles. The summed E-state index contributed by atoms with van der Waals surface area (Å²) >= 11 is 0. The molecule has 0 aliphatic carbocycles. The van der Waals surface area contributed by atoms with Crippen molar-refractivity contribution in [1.29, 1.82) is 0 Å². The molecular weight excluding hydrogens is 272 g/mol. The number of likely N-dealkylation sites (N-methyl/N-ethyl adjacent to an activating group) is 1. The first-order valence-corrected chi connectivity index (χ1v) is 7.31. The molecule has 1 aromatic heterocycles. The molecule has 2 rings (SSSR count). The molecule has 0 aromatic carbocycles. The third-order valence-electron chi connectivity index (χ3n) is 4.02. The van der Waals surface area contributed by atoms with Gasteiger partial charge in [-0.1, -0.05) is 0 Å². The third kappa shape index (κ3) is 4.56. The number of carbonyl (C=O) groups excluding carboxylic acids is 1. The van der Waals surface area contributed by atoms with Crippen molar-refractivity contribution >= 4 is 5.91 Å². The smallest absolute Gasteiger partial charge is 0.237 e. The van der Waals surface area contributed by atoms with Gasteiger partial charge in [0.1, 0.15) is 5.76 Å². The van der Waals surface area contributed by atoms with Gasteiger partial charge >= 0.3 is 0 Å². The van der Waals surface area contributed by atoms with Gasteiger partial charge in [-0.25, -0.2) is 0 Å². The maximum Gasteiger partial charge on any atom is 0.237 e. The van der Waals surface area contributed by atoms with E-state index in [4.69, 9.17) is 9.15 Å². The van der Waals surface area contributed by atoms with Gasteiger partial charge in [-0.2, -0.15) is 0 Å².